The molecule has 0 saturated heterocycles. The van der Waals surface area contributed by atoms with Gasteiger partial charge in [0.1, 0.15) is 6.33 Å². The Kier molecular flexibility index (Phi) is 3.79. The van der Waals surface area contributed by atoms with Gasteiger partial charge in [0.2, 0.25) is 5.91 Å². The van der Waals surface area contributed by atoms with E-state index in [1.165, 1.54) is 17.1 Å². The van der Waals surface area contributed by atoms with Gasteiger partial charge in [-0.05, 0) is 46.8 Å². The SMILES string of the molecule is NC(=O)c1cccc(NC(=O)c2cccc(-n3cnnn3)c2)c1. The first-order chi connectivity index (χ1) is 11.1. The Hall–Kier alpha value is -3.55. The van der Waals surface area contributed by atoms with Crippen LogP contribution in [0.15, 0.2) is 54.9 Å². The fourth-order valence-corrected chi connectivity index (χ4v) is 2.02. The molecule has 114 valence electrons. The first-order valence-electron chi connectivity index (χ1n) is 6.68. The highest BCUT2D eigenvalue weighted by Gasteiger charge is 2.09. The van der Waals surface area contributed by atoms with Crippen LogP contribution in [0.5, 0.6) is 0 Å². The van der Waals surface area contributed by atoms with E-state index in [2.05, 4.69) is 20.8 Å². The number of amides is 2. The highest BCUT2D eigenvalue weighted by atomic mass is 16.2. The summed E-state index contributed by atoms with van der Waals surface area (Å²) >= 11 is 0. The number of hydrogen-bond donors (Lipinski definition) is 2. The van der Waals surface area contributed by atoms with Crippen LogP contribution in [0.1, 0.15) is 20.7 Å². The van der Waals surface area contributed by atoms with Crippen LogP contribution in [0, 0.1) is 0 Å². The molecule has 0 spiro atoms. The van der Waals surface area contributed by atoms with E-state index in [0.717, 1.165) is 0 Å². The summed E-state index contributed by atoms with van der Waals surface area (Å²) in [6, 6.07) is 13.3. The number of anilines is 1. The topological polar surface area (TPSA) is 116 Å². The van der Waals surface area contributed by atoms with E-state index in [-0.39, 0.29) is 5.91 Å². The van der Waals surface area contributed by atoms with Gasteiger partial charge in [-0.15, -0.1) is 5.10 Å². The number of nitrogens with one attached hydrogen (secondary N) is 1. The number of benzene rings is 2. The molecule has 8 heteroatoms. The van der Waals surface area contributed by atoms with Crippen molar-refractivity contribution in [3.63, 3.8) is 0 Å². The van der Waals surface area contributed by atoms with Crippen LogP contribution in [0.4, 0.5) is 5.69 Å². The molecule has 23 heavy (non-hydrogen) atoms. The summed E-state index contributed by atoms with van der Waals surface area (Å²) in [4.78, 5) is 23.5. The van der Waals surface area contributed by atoms with Crippen LogP contribution in [-0.2, 0) is 0 Å². The normalized spacial score (nSPS) is 10.3. The van der Waals surface area contributed by atoms with Crippen LogP contribution in [0.25, 0.3) is 5.69 Å². The van der Waals surface area contributed by atoms with Crippen molar-refractivity contribution in [3.8, 4) is 5.69 Å². The number of nitrogens with two attached hydrogens (primary N) is 1. The molecule has 0 fully saturated rings. The minimum absolute atomic E-state index is 0.318. The van der Waals surface area contributed by atoms with E-state index < -0.39 is 5.91 Å². The third kappa shape index (κ3) is 3.21. The number of aromatic nitrogens is 4. The summed E-state index contributed by atoms with van der Waals surface area (Å²) in [6.07, 6.45) is 1.44. The lowest BCUT2D eigenvalue weighted by atomic mass is 10.1. The Morgan fingerprint density at radius 3 is 2.57 bits per heavy atom. The predicted molar refractivity (Wildman–Crippen MR) is 82.1 cm³/mol. The maximum absolute atomic E-state index is 12.3. The first-order valence-corrected chi connectivity index (χ1v) is 6.68. The summed E-state index contributed by atoms with van der Waals surface area (Å²) in [5.74, 6) is -0.872. The molecule has 3 N–H and O–H groups in total. The second-order valence-corrected chi connectivity index (χ2v) is 4.70. The van der Waals surface area contributed by atoms with Crippen molar-refractivity contribution in [1.82, 2.24) is 20.2 Å². The molecular weight excluding hydrogens is 296 g/mol. The molecule has 0 aliphatic carbocycles. The lowest BCUT2D eigenvalue weighted by Gasteiger charge is -2.07. The van der Waals surface area contributed by atoms with Gasteiger partial charge in [0.25, 0.3) is 5.91 Å². The van der Waals surface area contributed by atoms with Crippen molar-refractivity contribution in [1.29, 1.82) is 0 Å². The molecule has 0 unspecified atom stereocenters. The Morgan fingerprint density at radius 2 is 1.83 bits per heavy atom. The van der Waals surface area contributed by atoms with Gasteiger partial charge in [-0.1, -0.05) is 12.1 Å². The number of primary amides is 1. The Balaban J connectivity index is 1.82. The van der Waals surface area contributed by atoms with Crippen molar-refractivity contribution < 1.29 is 9.59 Å². The van der Waals surface area contributed by atoms with Crippen LogP contribution >= 0.6 is 0 Å². The average molecular weight is 308 g/mol. The fraction of sp³-hybridized carbons (Fsp3) is 0. The zero-order valence-electron chi connectivity index (χ0n) is 11.9. The molecule has 0 saturated carbocycles. The second kappa shape index (κ2) is 6.06. The summed E-state index contributed by atoms with van der Waals surface area (Å²) < 4.78 is 1.45. The van der Waals surface area contributed by atoms with Crippen molar-refractivity contribution in [2.24, 2.45) is 5.73 Å². The summed E-state index contributed by atoms with van der Waals surface area (Å²) in [6.45, 7) is 0. The summed E-state index contributed by atoms with van der Waals surface area (Å²) in [5.41, 5.74) is 7.13. The maximum atomic E-state index is 12.3. The fourth-order valence-electron chi connectivity index (χ4n) is 2.02. The highest BCUT2D eigenvalue weighted by molar-refractivity contribution is 6.05. The van der Waals surface area contributed by atoms with E-state index in [0.29, 0.717) is 22.5 Å². The zero-order valence-corrected chi connectivity index (χ0v) is 11.9. The molecule has 8 nitrogen and oxygen atoms in total. The number of tetrazole rings is 1. The molecule has 2 amide bonds. The molecule has 1 heterocycles. The maximum Gasteiger partial charge on any atom is 0.255 e. The predicted octanol–water partition coefficient (Wildman–Crippen LogP) is 1.01. The number of rotatable bonds is 4. The standard InChI is InChI=1S/C15H12N6O2/c16-14(22)10-3-1-5-12(7-10)18-15(23)11-4-2-6-13(8-11)21-9-17-19-20-21/h1-9H,(H2,16,22)(H,18,23). The van der Waals surface area contributed by atoms with Crippen LogP contribution < -0.4 is 11.1 Å². The Bertz CT molecular complexity index is 860. The smallest absolute Gasteiger partial charge is 0.255 e. The van der Waals surface area contributed by atoms with Crippen LogP contribution in [0.2, 0.25) is 0 Å². The van der Waals surface area contributed by atoms with Gasteiger partial charge >= 0.3 is 0 Å². The third-order valence-corrected chi connectivity index (χ3v) is 3.13. The van der Waals surface area contributed by atoms with Gasteiger partial charge in [0.15, 0.2) is 0 Å². The molecule has 1 aromatic heterocycles. The van der Waals surface area contributed by atoms with Gasteiger partial charge in [-0.3, -0.25) is 9.59 Å². The monoisotopic (exact) mass is 308 g/mol. The van der Waals surface area contributed by atoms with E-state index in [4.69, 9.17) is 5.73 Å². The molecule has 0 radical (unpaired) electrons. The molecule has 2 aromatic carbocycles. The number of carbonyl (C=O) groups is 2. The van der Waals surface area contributed by atoms with E-state index in [1.54, 1.807) is 42.5 Å². The van der Waals surface area contributed by atoms with E-state index in [9.17, 15) is 9.59 Å². The number of carbonyl (C=O) groups excluding carboxylic acids is 2. The molecule has 3 aromatic rings. The quantitative estimate of drug-likeness (QED) is 0.746. The summed E-state index contributed by atoms with van der Waals surface area (Å²) in [7, 11) is 0. The molecule has 3 rings (SSSR count). The summed E-state index contributed by atoms with van der Waals surface area (Å²) in [5, 5.41) is 13.6. The van der Waals surface area contributed by atoms with Gasteiger partial charge in [0.05, 0.1) is 5.69 Å². The minimum Gasteiger partial charge on any atom is -0.366 e. The molecule has 0 aliphatic rings. The number of hydrogen-bond acceptors (Lipinski definition) is 5. The molecular formula is C15H12N6O2. The number of nitrogens with zero attached hydrogens (tertiary/aromatic N) is 4. The van der Waals surface area contributed by atoms with Gasteiger partial charge in [-0.2, -0.15) is 0 Å². The van der Waals surface area contributed by atoms with Crippen molar-refractivity contribution >= 4 is 17.5 Å². The third-order valence-electron chi connectivity index (χ3n) is 3.13. The lowest BCUT2D eigenvalue weighted by Crippen LogP contribution is -2.14. The van der Waals surface area contributed by atoms with Gasteiger partial charge in [-0.25, -0.2) is 4.68 Å². The van der Waals surface area contributed by atoms with Crippen molar-refractivity contribution in [3.05, 3.63) is 66.0 Å². The second-order valence-electron chi connectivity index (χ2n) is 4.70. The Labute approximate surface area is 130 Å². The van der Waals surface area contributed by atoms with E-state index in [1.807, 2.05) is 0 Å². The molecule has 0 atom stereocenters. The van der Waals surface area contributed by atoms with Crippen LogP contribution in [-0.4, -0.2) is 32.0 Å². The molecule has 0 aliphatic heterocycles. The van der Waals surface area contributed by atoms with Crippen molar-refractivity contribution in [2.45, 2.75) is 0 Å². The lowest BCUT2D eigenvalue weighted by molar-refractivity contribution is 0.0996. The zero-order chi connectivity index (χ0) is 16.2. The van der Waals surface area contributed by atoms with Gasteiger partial charge in [0, 0.05) is 16.8 Å². The first kappa shape index (κ1) is 14.4. The molecule has 0 bridgehead atoms. The largest absolute Gasteiger partial charge is 0.366 e. The minimum atomic E-state index is -0.554. The highest BCUT2D eigenvalue weighted by Crippen LogP contribution is 2.14. The Morgan fingerprint density at radius 1 is 1.04 bits per heavy atom. The average Bonchev–Trinajstić information content (AvgIpc) is 3.10. The van der Waals surface area contributed by atoms with Crippen LogP contribution in [0.3, 0.4) is 0 Å². The van der Waals surface area contributed by atoms with Gasteiger partial charge < -0.3 is 11.1 Å². The van der Waals surface area contributed by atoms with E-state index >= 15 is 0 Å². The van der Waals surface area contributed by atoms with Crippen molar-refractivity contribution in [2.75, 3.05) is 5.32 Å².